The number of hydrogen-bond donors (Lipinski definition) is 1. The topological polar surface area (TPSA) is 63.4 Å². The maximum absolute atomic E-state index is 12.2. The SMILES string of the molecule is Nc1cccc(SCCN2C(=O)c3ccccc3C2=O)c1. The highest BCUT2D eigenvalue weighted by molar-refractivity contribution is 7.99. The van der Waals surface area contributed by atoms with Crippen molar-refractivity contribution in [1.29, 1.82) is 0 Å². The Bertz CT molecular complexity index is 680. The van der Waals surface area contributed by atoms with Crippen LogP contribution in [0.15, 0.2) is 53.4 Å². The molecule has 0 aliphatic carbocycles. The van der Waals surface area contributed by atoms with Crippen molar-refractivity contribution in [3.63, 3.8) is 0 Å². The highest BCUT2D eigenvalue weighted by Crippen LogP contribution is 2.24. The van der Waals surface area contributed by atoms with Crippen LogP contribution in [0.3, 0.4) is 0 Å². The number of rotatable bonds is 4. The molecule has 0 unspecified atom stereocenters. The summed E-state index contributed by atoms with van der Waals surface area (Å²) < 4.78 is 0. The summed E-state index contributed by atoms with van der Waals surface area (Å²) in [6, 6.07) is 14.5. The number of nitrogens with two attached hydrogens (primary N) is 1. The molecule has 21 heavy (non-hydrogen) atoms. The van der Waals surface area contributed by atoms with E-state index in [2.05, 4.69) is 0 Å². The molecule has 0 aromatic heterocycles. The summed E-state index contributed by atoms with van der Waals surface area (Å²) in [7, 11) is 0. The number of nitrogen functional groups attached to an aromatic ring is 1. The van der Waals surface area contributed by atoms with E-state index in [0.717, 1.165) is 4.90 Å². The van der Waals surface area contributed by atoms with Gasteiger partial charge in [-0.05, 0) is 30.3 Å². The van der Waals surface area contributed by atoms with Crippen LogP contribution < -0.4 is 5.73 Å². The minimum atomic E-state index is -0.205. The van der Waals surface area contributed by atoms with Crippen molar-refractivity contribution in [3.05, 3.63) is 59.7 Å². The zero-order chi connectivity index (χ0) is 14.8. The maximum atomic E-state index is 12.2. The quantitative estimate of drug-likeness (QED) is 0.535. The molecular weight excluding hydrogens is 284 g/mol. The van der Waals surface area contributed by atoms with Crippen LogP contribution in [0.5, 0.6) is 0 Å². The fraction of sp³-hybridized carbons (Fsp3) is 0.125. The molecule has 2 N–H and O–H groups in total. The zero-order valence-electron chi connectivity index (χ0n) is 11.3. The van der Waals surface area contributed by atoms with Gasteiger partial charge in [-0.3, -0.25) is 14.5 Å². The highest BCUT2D eigenvalue weighted by Gasteiger charge is 2.34. The number of hydrogen-bond acceptors (Lipinski definition) is 4. The van der Waals surface area contributed by atoms with Crippen LogP contribution >= 0.6 is 11.8 Å². The first-order valence-electron chi connectivity index (χ1n) is 6.60. The zero-order valence-corrected chi connectivity index (χ0v) is 12.1. The Balaban J connectivity index is 1.65. The molecule has 0 saturated carbocycles. The lowest BCUT2D eigenvalue weighted by molar-refractivity contribution is 0.0664. The number of carbonyl (C=O) groups is 2. The first kappa shape index (κ1) is 13.7. The van der Waals surface area contributed by atoms with Gasteiger partial charge in [-0.15, -0.1) is 11.8 Å². The highest BCUT2D eigenvalue weighted by atomic mass is 32.2. The molecule has 2 amide bonds. The van der Waals surface area contributed by atoms with Gasteiger partial charge in [0.15, 0.2) is 0 Å². The minimum Gasteiger partial charge on any atom is -0.399 e. The Morgan fingerprint density at radius 1 is 0.952 bits per heavy atom. The first-order valence-corrected chi connectivity index (χ1v) is 7.59. The molecule has 0 saturated heterocycles. The van der Waals surface area contributed by atoms with E-state index in [0.29, 0.717) is 29.1 Å². The number of imide groups is 1. The van der Waals surface area contributed by atoms with Gasteiger partial charge in [-0.2, -0.15) is 0 Å². The van der Waals surface area contributed by atoms with Crippen LogP contribution in [0, 0.1) is 0 Å². The predicted molar refractivity (Wildman–Crippen MR) is 83.4 cm³/mol. The Kier molecular flexibility index (Phi) is 3.66. The van der Waals surface area contributed by atoms with Crippen LogP contribution in [-0.4, -0.2) is 29.0 Å². The summed E-state index contributed by atoms with van der Waals surface area (Å²) in [6.45, 7) is 0.395. The normalized spacial score (nSPS) is 13.6. The summed E-state index contributed by atoms with van der Waals surface area (Å²) in [5, 5.41) is 0. The molecule has 0 fully saturated rings. The van der Waals surface area contributed by atoms with E-state index in [-0.39, 0.29) is 11.8 Å². The molecule has 1 aliphatic rings. The third kappa shape index (κ3) is 2.64. The van der Waals surface area contributed by atoms with Crippen LogP contribution in [0.25, 0.3) is 0 Å². The monoisotopic (exact) mass is 298 g/mol. The number of amides is 2. The van der Waals surface area contributed by atoms with E-state index in [1.165, 1.54) is 4.90 Å². The summed E-state index contributed by atoms with van der Waals surface area (Å²) in [4.78, 5) is 26.7. The molecule has 0 spiro atoms. The molecule has 0 atom stereocenters. The second-order valence-corrected chi connectivity index (χ2v) is 5.90. The van der Waals surface area contributed by atoms with E-state index in [4.69, 9.17) is 5.73 Å². The van der Waals surface area contributed by atoms with Crippen LogP contribution in [0.2, 0.25) is 0 Å². The van der Waals surface area contributed by atoms with Crippen molar-refractivity contribution < 1.29 is 9.59 Å². The fourth-order valence-electron chi connectivity index (χ4n) is 2.30. The van der Waals surface area contributed by atoms with Gasteiger partial charge in [-0.25, -0.2) is 0 Å². The molecule has 2 aromatic carbocycles. The van der Waals surface area contributed by atoms with Gasteiger partial charge < -0.3 is 5.73 Å². The molecule has 1 heterocycles. The Morgan fingerprint density at radius 2 is 1.62 bits per heavy atom. The number of anilines is 1. The predicted octanol–water partition coefficient (Wildman–Crippen LogP) is 2.66. The first-order chi connectivity index (χ1) is 10.2. The maximum Gasteiger partial charge on any atom is 0.261 e. The average Bonchev–Trinajstić information content (AvgIpc) is 2.73. The largest absolute Gasteiger partial charge is 0.399 e. The second-order valence-electron chi connectivity index (χ2n) is 4.73. The molecule has 0 bridgehead atoms. The van der Waals surface area contributed by atoms with E-state index in [1.807, 2.05) is 24.3 Å². The Labute approximate surface area is 126 Å². The van der Waals surface area contributed by atoms with Gasteiger partial charge >= 0.3 is 0 Å². The number of carbonyl (C=O) groups excluding carboxylic acids is 2. The molecule has 1 aliphatic heterocycles. The van der Waals surface area contributed by atoms with Crippen LogP contribution in [0.1, 0.15) is 20.7 Å². The van der Waals surface area contributed by atoms with E-state index < -0.39 is 0 Å². The summed E-state index contributed by atoms with van der Waals surface area (Å²) in [6.07, 6.45) is 0. The fourth-order valence-corrected chi connectivity index (χ4v) is 3.21. The summed E-state index contributed by atoms with van der Waals surface area (Å²) in [5.74, 6) is 0.238. The van der Waals surface area contributed by atoms with Crippen molar-refractivity contribution in [2.75, 3.05) is 18.0 Å². The van der Waals surface area contributed by atoms with E-state index >= 15 is 0 Å². The van der Waals surface area contributed by atoms with Crippen LogP contribution in [-0.2, 0) is 0 Å². The van der Waals surface area contributed by atoms with Gasteiger partial charge in [0.1, 0.15) is 0 Å². The van der Waals surface area contributed by atoms with Crippen molar-refractivity contribution in [2.24, 2.45) is 0 Å². The van der Waals surface area contributed by atoms with Gasteiger partial charge in [0.25, 0.3) is 11.8 Å². The number of benzene rings is 2. The molecular formula is C16H14N2O2S. The minimum absolute atomic E-state index is 0.205. The standard InChI is InChI=1S/C16H14N2O2S/c17-11-4-3-5-12(10-11)21-9-8-18-15(19)13-6-1-2-7-14(13)16(18)20/h1-7,10H,8-9,17H2. The van der Waals surface area contributed by atoms with Crippen LogP contribution in [0.4, 0.5) is 5.69 Å². The number of nitrogens with zero attached hydrogens (tertiary/aromatic N) is 1. The summed E-state index contributed by atoms with van der Waals surface area (Å²) >= 11 is 1.58. The van der Waals surface area contributed by atoms with Gasteiger partial charge in [0.05, 0.1) is 11.1 Å². The second kappa shape index (κ2) is 5.61. The molecule has 4 nitrogen and oxygen atoms in total. The molecule has 2 aromatic rings. The third-order valence-corrected chi connectivity index (χ3v) is 4.29. The smallest absolute Gasteiger partial charge is 0.261 e. The summed E-state index contributed by atoms with van der Waals surface area (Å²) in [5.41, 5.74) is 7.42. The molecule has 0 radical (unpaired) electrons. The van der Waals surface area contributed by atoms with Crippen molar-refractivity contribution in [3.8, 4) is 0 Å². The van der Waals surface area contributed by atoms with Crippen molar-refractivity contribution in [2.45, 2.75) is 4.90 Å². The average molecular weight is 298 g/mol. The van der Waals surface area contributed by atoms with E-state index in [1.54, 1.807) is 36.0 Å². The Morgan fingerprint density at radius 3 is 2.24 bits per heavy atom. The van der Waals surface area contributed by atoms with Gasteiger partial charge in [-0.1, -0.05) is 18.2 Å². The lowest BCUT2D eigenvalue weighted by Crippen LogP contribution is -2.31. The molecule has 5 heteroatoms. The lowest BCUT2D eigenvalue weighted by atomic mass is 10.1. The Hall–Kier alpha value is -2.27. The van der Waals surface area contributed by atoms with Crippen molar-refractivity contribution in [1.82, 2.24) is 4.90 Å². The lowest BCUT2D eigenvalue weighted by Gasteiger charge is -2.13. The van der Waals surface area contributed by atoms with Crippen molar-refractivity contribution >= 4 is 29.3 Å². The van der Waals surface area contributed by atoms with Gasteiger partial charge in [0, 0.05) is 22.9 Å². The number of thioether (sulfide) groups is 1. The van der Waals surface area contributed by atoms with Gasteiger partial charge in [0.2, 0.25) is 0 Å². The molecule has 106 valence electrons. The third-order valence-electron chi connectivity index (χ3n) is 3.32. The number of fused-ring (bicyclic) bond motifs is 1. The molecule has 3 rings (SSSR count). The van der Waals surface area contributed by atoms with E-state index in [9.17, 15) is 9.59 Å².